The van der Waals surface area contributed by atoms with Crippen LogP contribution in [0.3, 0.4) is 0 Å². The number of hydrogen-bond acceptors (Lipinski definition) is 4. The molecule has 0 fully saturated rings. The summed E-state index contributed by atoms with van der Waals surface area (Å²) in [6.45, 7) is -0.124. The summed E-state index contributed by atoms with van der Waals surface area (Å²) in [6, 6.07) is 9.62. The highest BCUT2D eigenvalue weighted by molar-refractivity contribution is 5.35. The van der Waals surface area contributed by atoms with Gasteiger partial charge in [-0.3, -0.25) is 4.98 Å². The number of ether oxygens (including phenoxy) is 1. The normalized spacial score (nSPS) is 9.95. The van der Waals surface area contributed by atoms with Crippen molar-refractivity contribution in [3.63, 3.8) is 0 Å². The van der Waals surface area contributed by atoms with Gasteiger partial charge in [-0.05, 0) is 18.2 Å². The van der Waals surface area contributed by atoms with Gasteiger partial charge in [0.1, 0.15) is 24.2 Å². The van der Waals surface area contributed by atoms with Crippen molar-refractivity contribution >= 4 is 0 Å². The summed E-state index contributed by atoms with van der Waals surface area (Å²) in [6.07, 6.45) is 1.46. The smallest absolute Gasteiger partial charge is 0.147 e. The maximum Gasteiger partial charge on any atom is 0.147 e. The highest BCUT2D eigenvalue weighted by atomic mass is 19.1. The van der Waals surface area contributed by atoms with Crippen molar-refractivity contribution in [3.8, 4) is 11.8 Å². The van der Waals surface area contributed by atoms with E-state index in [0.717, 1.165) is 0 Å². The van der Waals surface area contributed by atoms with Gasteiger partial charge >= 0.3 is 0 Å². The number of pyridine rings is 1. The number of aromatic nitrogens is 1. The Bertz CT molecular complexity index is 606. The lowest BCUT2D eigenvalue weighted by Crippen LogP contribution is -2.01. The lowest BCUT2D eigenvalue weighted by atomic mass is 10.1. The van der Waals surface area contributed by atoms with Crippen LogP contribution in [0.15, 0.2) is 36.5 Å². The van der Waals surface area contributed by atoms with E-state index in [-0.39, 0.29) is 18.8 Å². The van der Waals surface area contributed by atoms with Crippen LogP contribution >= 0.6 is 0 Å². The van der Waals surface area contributed by atoms with Crippen LogP contribution in [0.1, 0.15) is 16.8 Å². The van der Waals surface area contributed by atoms with Crippen molar-refractivity contribution in [2.45, 2.75) is 13.2 Å². The van der Waals surface area contributed by atoms with Gasteiger partial charge in [0, 0.05) is 5.56 Å². The SMILES string of the molecule is N#Cc1cccc(COc2ccc(CO)nc2)c1F. The molecule has 1 aromatic heterocycles. The summed E-state index contributed by atoms with van der Waals surface area (Å²) >= 11 is 0. The summed E-state index contributed by atoms with van der Waals surface area (Å²) in [5.74, 6) is -0.0936. The minimum absolute atomic E-state index is 0.00477. The summed E-state index contributed by atoms with van der Waals surface area (Å²) in [5.41, 5.74) is 0.838. The van der Waals surface area contributed by atoms with E-state index in [1.54, 1.807) is 30.3 Å². The second-order valence-corrected chi connectivity index (χ2v) is 3.82. The molecule has 1 heterocycles. The molecule has 0 aliphatic rings. The Hall–Kier alpha value is -2.45. The van der Waals surface area contributed by atoms with Gasteiger partial charge in [-0.25, -0.2) is 4.39 Å². The molecule has 0 atom stereocenters. The second kappa shape index (κ2) is 5.94. The first-order chi connectivity index (χ1) is 9.24. The molecule has 0 saturated carbocycles. The number of hydrogen-bond donors (Lipinski definition) is 1. The number of nitriles is 1. The number of rotatable bonds is 4. The molecule has 1 N–H and O–H groups in total. The molecular weight excluding hydrogens is 247 g/mol. The maximum absolute atomic E-state index is 13.7. The Labute approximate surface area is 109 Å². The van der Waals surface area contributed by atoms with Gasteiger partial charge in [0.15, 0.2) is 0 Å². The molecule has 0 aliphatic carbocycles. The fourth-order valence-corrected chi connectivity index (χ4v) is 1.53. The highest BCUT2D eigenvalue weighted by Crippen LogP contribution is 2.16. The molecule has 5 heteroatoms. The maximum atomic E-state index is 13.7. The van der Waals surface area contributed by atoms with E-state index in [9.17, 15) is 4.39 Å². The van der Waals surface area contributed by atoms with Crippen LogP contribution in [-0.4, -0.2) is 10.1 Å². The van der Waals surface area contributed by atoms with Crippen molar-refractivity contribution in [3.05, 3.63) is 59.2 Å². The van der Waals surface area contributed by atoms with Crippen LogP contribution in [0.4, 0.5) is 4.39 Å². The van der Waals surface area contributed by atoms with Crippen LogP contribution in [0.2, 0.25) is 0 Å². The lowest BCUT2D eigenvalue weighted by molar-refractivity contribution is 0.274. The van der Waals surface area contributed by atoms with E-state index in [4.69, 9.17) is 15.1 Å². The van der Waals surface area contributed by atoms with Crippen LogP contribution < -0.4 is 4.74 Å². The summed E-state index contributed by atoms with van der Waals surface area (Å²) < 4.78 is 19.1. The molecule has 0 radical (unpaired) electrons. The molecule has 4 nitrogen and oxygen atoms in total. The molecule has 2 rings (SSSR count). The van der Waals surface area contributed by atoms with Gasteiger partial charge in [0.25, 0.3) is 0 Å². The first-order valence-corrected chi connectivity index (χ1v) is 5.60. The number of halogens is 1. The van der Waals surface area contributed by atoms with E-state index in [2.05, 4.69) is 4.98 Å². The number of nitrogens with zero attached hydrogens (tertiary/aromatic N) is 2. The van der Waals surface area contributed by atoms with Crippen molar-refractivity contribution in [1.82, 2.24) is 4.98 Å². The molecule has 0 aliphatic heterocycles. The lowest BCUT2D eigenvalue weighted by Gasteiger charge is -2.07. The van der Waals surface area contributed by atoms with Gasteiger partial charge in [-0.15, -0.1) is 0 Å². The van der Waals surface area contributed by atoms with E-state index >= 15 is 0 Å². The number of aliphatic hydroxyl groups is 1. The summed E-state index contributed by atoms with van der Waals surface area (Å²) in [7, 11) is 0. The third-order valence-electron chi connectivity index (χ3n) is 2.55. The molecule has 96 valence electrons. The zero-order valence-corrected chi connectivity index (χ0v) is 10.0. The average molecular weight is 258 g/mol. The van der Waals surface area contributed by atoms with Crippen LogP contribution in [-0.2, 0) is 13.2 Å². The zero-order chi connectivity index (χ0) is 13.7. The van der Waals surface area contributed by atoms with Gasteiger partial charge in [-0.2, -0.15) is 5.26 Å². The van der Waals surface area contributed by atoms with Crippen molar-refractivity contribution in [2.24, 2.45) is 0 Å². The third kappa shape index (κ3) is 3.06. The van der Waals surface area contributed by atoms with E-state index in [1.807, 2.05) is 0 Å². The fraction of sp³-hybridized carbons (Fsp3) is 0.143. The summed E-state index contributed by atoms with van der Waals surface area (Å²) in [4.78, 5) is 3.94. The predicted molar refractivity (Wildman–Crippen MR) is 65.6 cm³/mol. The third-order valence-corrected chi connectivity index (χ3v) is 2.55. The Morgan fingerprint density at radius 2 is 2.16 bits per heavy atom. The fourth-order valence-electron chi connectivity index (χ4n) is 1.53. The molecule has 1 aromatic carbocycles. The Morgan fingerprint density at radius 1 is 1.32 bits per heavy atom. The predicted octanol–water partition coefficient (Wildman–Crippen LogP) is 2.16. The van der Waals surface area contributed by atoms with Gasteiger partial charge < -0.3 is 9.84 Å². The number of aliphatic hydroxyl groups excluding tert-OH is 1. The Kier molecular flexibility index (Phi) is 4.06. The zero-order valence-electron chi connectivity index (χ0n) is 10.0. The second-order valence-electron chi connectivity index (χ2n) is 3.82. The highest BCUT2D eigenvalue weighted by Gasteiger charge is 2.08. The van der Waals surface area contributed by atoms with Crippen LogP contribution in [0.25, 0.3) is 0 Å². The average Bonchev–Trinajstić information content (AvgIpc) is 2.47. The van der Waals surface area contributed by atoms with Crippen LogP contribution in [0, 0.1) is 17.1 Å². The van der Waals surface area contributed by atoms with Crippen molar-refractivity contribution in [1.29, 1.82) is 5.26 Å². The molecule has 2 aromatic rings. The molecule has 0 amide bonds. The monoisotopic (exact) mass is 258 g/mol. The molecule has 0 spiro atoms. The minimum Gasteiger partial charge on any atom is -0.487 e. The Balaban J connectivity index is 2.08. The topological polar surface area (TPSA) is 66.1 Å². The molecule has 19 heavy (non-hydrogen) atoms. The summed E-state index contributed by atoms with van der Waals surface area (Å²) in [5, 5.41) is 17.6. The van der Waals surface area contributed by atoms with Crippen molar-refractivity contribution in [2.75, 3.05) is 0 Å². The minimum atomic E-state index is -0.565. The number of benzene rings is 1. The van der Waals surface area contributed by atoms with Crippen LogP contribution in [0.5, 0.6) is 5.75 Å². The molecule has 0 bridgehead atoms. The quantitative estimate of drug-likeness (QED) is 0.912. The largest absolute Gasteiger partial charge is 0.487 e. The molecular formula is C14H11FN2O2. The van der Waals surface area contributed by atoms with Gasteiger partial charge in [0.2, 0.25) is 0 Å². The first-order valence-electron chi connectivity index (χ1n) is 5.60. The molecule has 0 unspecified atom stereocenters. The van der Waals surface area contributed by atoms with Crippen molar-refractivity contribution < 1.29 is 14.2 Å². The van der Waals surface area contributed by atoms with E-state index in [1.165, 1.54) is 12.3 Å². The van der Waals surface area contributed by atoms with E-state index in [0.29, 0.717) is 17.0 Å². The molecule has 0 saturated heterocycles. The first kappa shape index (κ1) is 13.0. The van der Waals surface area contributed by atoms with Gasteiger partial charge in [0.05, 0.1) is 24.1 Å². The van der Waals surface area contributed by atoms with E-state index < -0.39 is 5.82 Å². The van der Waals surface area contributed by atoms with Gasteiger partial charge in [-0.1, -0.05) is 12.1 Å². The standard InChI is InChI=1S/C14H11FN2O2/c15-14-10(6-16)2-1-3-11(14)9-19-13-5-4-12(8-18)17-7-13/h1-5,7,18H,8-9H2. The Morgan fingerprint density at radius 3 is 2.79 bits per heavy atom.